The van der Waals surface area contributed by atoms with Crippen LogP contribution in [0.4, 0.5) is 20.2 Å². The van der Waals surface area contributed by atoms with Gasteiger partial charge in [-0.15, -0.1) is 0 Å². The lowest BCUT2D eigenvalue weighted by Crippen LogP contribution is -2.18. The Morgan fingerprint density at radius 1 is 0.929 bits per heavy atom. The number of benzene rings is 2. The summed E-state index contributed by atoms with van der Waals surface area (Å²) in [4.78, 5) is 28.5. The van der Waals surface area contributed by atoms with Gasteiger partial charge in [-0.1, -0.05) is 12.1 Å². The maximum absolute atomic E-state index is 13.7. The number of carbonyl (C=O) groups is 2. The summed E-state index contributed by atoms with van der Waals surface area (Å²) in [6.07, 6.45) is 1.23. The number of rotatable bonds is 4. The number of pyridine rings is 1. The summed E-state index contributed by atoms with van der Waals surface area (Å²) in [5, 5.41) is 13.6. The normalized spacial score (nSPS) is 10.0. The first-order chi connectivity index (χ1) is 13.5. The Balaban J connectivity index is 1.78. The minimum atomic E-state index is -0.931. The number of hydrogen-bond acceptors (Lipinski definition) is 4. The van der Waals surface area contributed by atoms with Gasteiger partial charge in [-0.3, -0.25) is 14.6 Å². The highest BCUT2D eigenvalue weighted by Crippen LogP contribution is 2.19. The number of aromatic nitrogens is 1. The summed E-state index contributed by atoms with van der Waals surface area (Å²) in [5.41, 5.74) is 0.0925. The van der Waals surface area contributed by atoms with E-state index in [-0.39, 0.29) is 11.3 Å². The second kappa shape index (κ2) is 8.05. The summed E-state index contributed by atoms with van der Waals surface area (Å²) in [7, 11) is 0. The van der Waals surface area contributed by atoms with Gasteiger partial charge in [0, 0.05) is 17.4 Å². The summed E-state index contributed by atoms with van der Waals surface area (Å²) in [6, 6.07) is 14.0. The van der Waals surface area contributed by atoms with Gasteiger partial charge < -0.3 is 10.6 Å². The highest BCUT2D eigenvalue weighted by molar-refractivity contribution is 6.07. The molecule has 0 bridgehead atoms. The molecule has 6 nitrogen and oxygen atoms in total. The van der Waals surface area contributed by atoms with E-state index in [0.29, 0.717) is 11.3 Å². The van der Waals surface area contributed by atoms with E-state index in [4.69, 9.17) is 5.26 Å². The van der Waals surface area contributed by atoms with Gasteiger partial charge in [0.25, 0.3) is 11.8 Å². The van der Waals surface area contributed by atoms with E-state index in [1.54, 1.807) is 18.2 Å². The molecule has 8 heteroatoms. The van der Waals surface area contributed by atoms with E-state index >= 15 is 0 Å². The average molecular weight is 378 g/mol. The lowest BCUT2D eigenvalue weighted by Gasteiger charge is -2.09. The predicted octanol–water partition coefficient (Wildman–Crippen LogP) is 3.74. The molecule has 0 aliphatic rings. The minimum Gasteiger partial charge on any atom is -0.322 e. The topological polar surface area (TPSA) is 94.9 Å². The molecule has 1 heterocycles. The zero-order valence-corrected chi connectivity index (χ0v) is 14.2. The molecule has 0 spiro atoms. The van der Waals surface area contributed by atoms with E-state index in [0.717, 1.165) is 12.1 Å². The Morgan fingerprint density at radius 3 is 2.36 bits per heavy atom. The molecule has 0 radical (unpaired) electrons. The van der Waals surface area contributed by atoms with Crippen LogP contribution in [-0.2, 0) is 0 Å². The molecule has 138 valence electrons. The van der Waals surface area contributed by atoms with E-state index in [1.807, 2.05) is 6.07 Å². The molecule has 0 saturated heterocycles. The van der Waals surface area contributed by atoms with Crippen LogP contribution < -0.4 is 10.6 Å². The molecular formula is C20H12F2N4O2. The first-order valence-electron chi connectivity index (χ1n) is 8.01. The van der Waals surface area contributed by atoms with Crippen molar-refractivity contribution in [1.82, 2.24) is 4.98 Å². The molecule has 0 fully saturated rings. The largest absolute Gasteiger partial charge is 0.322 e. The lowest BCUT2D eigenvalue weighted by atomic mass is 10.1. The Labute approximate surface area is 158 Å². The van der Waals surface area contributed by atoms with E-state index in [2.05, 4.69) is 15.6 Å². The van der Waals surface area contributed by atoms with Crippen LogP contribution >= 0.6 is 0 Å². The zero-order chi connectivity index (χ0) is 20.1. The van der Waals surface area contributed by atoms with Crippen LogP contribution in [0.2, 0.25) is 0 Å². The van der Waals surface area contributed by atoms with Gasteiger partial charge in [-0.2, -0.15) is 5.26 Å². The molecule has 2 amide bonds. The second-order valence-corrected chi connectivity index (χ2v) is 5.63. The van der Waals surface area contributed by atoms with E-state index in [1.165, 1.54) is 30.5 Å². The molecule has 2 N–H and O–H groups in total. The molecule has 0 saturated carbocycles. The number of nitrogens with zero attached hydrogens (tertiary/aromatic N) is 2. The summed E-state index contributed by atoms with van der Waals surface area (Å²) in [6.45, 7) is 0. The number of para-hydroxylation sites is 1. The number of amides is 2. The lowest BCUT2D eigenvalue weighted by molar-refractivity contribution is 0.102. The fraction of sp³-hybridized carbons (Fsp3) is 0. The third-order valence-corrected chi connectivity index (χ3v) is 3.71. The Morgan fingerprint density at radius 2 is 1.64 bits per heavy atom. The highest BCUT2D eigenvalue weighted by Gasteiger charge is 2.16. The minimum absolute atomic E-state index is 0.108. The van der Waals surface area contributed by atoms with Crippen molar-refractivity contribution in [3.63, 3.8) is 0 Å². The van der Waals surface area contributed by atoms with Crippen LogP contribution in [0.25, 0.3) is 0 Å². The Kier molecular flexibility index (Phi) is 5.37. The van der Waals surface area contributed by atoms with E-state index < -0.39 is 29.1 Å². The van der Waals surface area contributed by atoms with Gasteiger partial charge in [0.2, 0.25) is 0 Å². The van der Waals surface area contributed by atoms with Crippen molar-refractivity contribution in [2.75, 3.05) is 10.6 Å². The van der Waals surface area contributed by atoms with Crippen LogP contribution in [0.3, 0.4) is 0 Å². The summed E-state index contributed by atoms with van der Waals surface area (Å²) >= 11 is 0. The first kappa shape index (κ1) is 18.7. The Hall–Kier alpha value is -4.12. The number of halogens is 2. The maximum Gasteiger partial charge on any atom is 0.274 e. The average Bonchev–Trinajstić information content (AvgIpc) is 2.71. The smallest absolute Gasteiger partial charge is 0.274 e. The third kappa shape index (κ3) is 4.16. The molecule has 0 unspecified atom stereocenters. The van der Waals surface area contributed by atoms with Crippen molar-refractivity contribution < 1.29 is 18.4 Å². The van der Waals surface area contributed by atoms with Gasteiger partial charge in [0.15, 0.2) is 0 Å². The van der Waals surface area contributed by atoms with Crippen LogP contribution in [-0.4, -0.2) is 16.8 Å². The fourth-order valence-corrected chi connectivity index (χ4v) is 2.36. The van der Waals surface area contributed by atoms with Gasteiger partial charge >= 0.3 is 0 Å². The molecule has 2 aromatic carbocycles. The molecule has 3 aromatic rings. The van der Waals surface area contributed by atoms with Crippen LogP contribution in [0.15, 0.2) is 60.8 Å². The number of anilines is 2. The van der Waals surface area contributed by atoms with Crippen LogP contribution in [0, 0.1) is 23.0 Å². The molecule has 0 aliphatic heterocycles. The van der Waals surface area contributed by atoms with Gasteiger partial charge in [0.05, 0.1) is 11.6 Å². The van der Waals surface area contributed by atoms with E-state index in [9.17, 15) is 18.4 Å². The number of nitrogens with one attached hydrogen (secondary N) is 2. The summed E-state index contributed by atoms with van der Waals surface area (Å²) < 4.78 is 27.4. The van der Waals surface area contributed by atoms with Crippen molar-refractivity contribution in [2.45, 2.75) is 0 Å². The SMILES string of the molecule is N#Cc1cccc(NC(=O)c2ccnc(C(=O)Nc3c(F)cccc3F)c2)c1. The van der Waals surface area contributed by atoms with Gasteiger partial charge in [0.1, 0.15) is 23.0 Å². The second-order valence-electron chi connectivity index (χ2n) is 5.63. The van der Waals surface area contributed by atoms with Crippen molar-refractivity contribution in [2.24, 2.45) is 0 Å². The number of hydrogen-bond donors (Lipinski definition) is 2. The standard InChI is InChI=1S/C20H12F2N4O2/c21-15-5-2-6-16(22)18(15)26-20(28)17-10-13(7-8-24-17)19(27)25-14-4-1-3-12(9-14)11-23/h1-10H,(H,25,27)(H,26,28). The number of carbonyl (C=O) groups excluding carboxylic acids is 2. The van der Waals surface area contributed by atoms with Crippen molar-refractivity contribution >= 4 is 23.2 Å². The van der Waals surface area contributed by atoms with Crippen molar-refractivity contribution in [1.29, 1.82) is 5.26 Å². The van der Waals surface area contributed by atoms with Crippen LogP contribution in [0.1, 0.15) is 26.4 Å². The number of nitriles is 1. The third-order valence-electron chi connectivity index (χ3n) is 3.71. The Bertz CT molecular complexity index is 1090. The summed E-state index contributed by atoms with van der Waals surface area (Å²) in [5.74, 6) is -3.27. The first-order valence-corrected chi connectivity index (χ1v) is 8.01. The van der Waals surface area contributed by atoms with Crippen molar-refractivity contribution in [3.8, 4) is 6.07 Å². The zero-order valence-electron chi connectivity index (χ0n) is 14.2. The monoisotopic (exact) mass is 378 g/mol. The highest BCUT2D eigenvalue weighted by atomic mass is 19.1. The van der Waals surface area contributed by atoms with Gasteiger partial charge in [-0.05, 0) is 42.5 Å². The van der Waals surface area contributed by atoms with Gasteiger partial charge in [-0.25, -0.2) is 8.78 Å². The predicted molar refractivity (Wildman–Crippen MR) is 97.7 cm³/mol. The maximum atomic E-state index is 13.7. The molecule has 0 aliphatic carbocycles. The quantitative estimate of drug-likeness (QED) is 0.723. The molecule has 0 atom stereocenters. The molecule has 3 rings (SSSR count). The van der Waals surface area contributed by atoms with Crippen molar-refractivity contribution in [3.05, 3.63) is 89.2 Å². The molecule has 1 aromatic heterocycles. The fourth-order valence-electron chi connectivity index (χ4n) is 2.36. The molecular weight excluding hydrogens is 366 g/mol. The van der Waals surface area contributed by atoms with Crippen LogP contribution in [0.5, 0.6) is 0 Å². The molecule has 28 heavy (non-hydrogen) atoms.